The number of hydrogen-bond donors (Lipinski definition) is 2. The lowest BCUT2D eigenvalue weighted by Crippen LogP contribution is -2.33. The molecule has 0 atom stereocenters. The molecule has 1 aromatic heterocycles. The summed E-state index contributed by atoms with van der Waals surface area (Å²) in [5, 5.41) is 15.6. The molecule has 2 aromatic carbocycles. The van der Waals surface area contributed by atoms with Crippen LogP contribution in [0.3, 0.4) is 0 Å². The van der Waals surface area contributed by atoms with Crippen LogP contribution in [0.4, 0.5) is 5.69 Å². The number of fused-ring (bicyclic) bond motifs is 1. The zero-order valence-corrected chi connectivity index (χ0v) is 16.7. The van der Waals surface area contributed by atoms with Crippen LogP contribution < -0.4 is 10.6 Å². The predicted molar refractivity (Wildman–Crippen MR) is 113 cm³/mol. The Morgan fingerprint density at radius 3 is 2.70 bits per heavy atom. The molecule has 140 valence electrons. The lowest BCUT2D eigenvalue weighted by atomic mass is 10.2. The molecule has 0 spiro atoms. The summed E-state index contributed by atoms with van der Waals surface area (Å²) in [6.07, 6.45) is 2.27. The van der Waals surface area contributed by atoms with Crippen molar-refractivity contribution in [2.24, 2.45) is 0 Å². The predicted octanol–water partition coefficient (Wildman–Crippen LogP) is 4.39. The number of halogens is 1. The number of benzene rings is 2. The van der Waals surface area contributed by atoms with Gasteiger partial charge in [-0.05, 0) is 61.5 Å². The van der Waals surface area contributed by atoms with Crippen molar-refractivity contribution in [2.45, 2.75) is 33.1 Å². The first-order chi connectivity index (χ1) is 13.0. The minimum Gasteiger partial charge on any atom is -0.332 e. The van der Waals surface area contributed by atoms with Crippen molar-refractivity contribution in [3.63, 3.8) is 0 Å². The molecule has 2 N–H and O–H groups in total. The molecule has 0 saturated heterocycles. The number of nitrogens with zero attached hydrogens (tertiary/aromatic N) is 3. The molecular formula is C19H20ClN5OS. The van der Waals surface area contributed by atoms with Gasteiger partial charge in [-0.25, -0.2) is 0 Å². The smallest absolute Gasteiger partial charge is 0.226 e. The molecule has 0 bridgehead atoms. The Morgan fingerprint density at radius 1 is 1.19 bits per heavy atom. The van der Waals surface area contributed by atoms with Crippen molar-refractivity contribution < 1.29 is 4.79 Å². The first-order valence-electron chi connectivity index (χ1n) is 8.70. The number of carbonyl (C=O) groups excluding carboxylic acids is 1. The quantitative estimate of drug-likeness (QED) is 0.620. The number of unbranched alkanes of at least 4 members (excludes halogenated alkanes) is 1. The number of aromatic nitrogens is 3. The monoisotopic (exact) mass is 401 g/mol. The molecular weight excluding hydrogens is 382 g/mol. The SMILES string of the molecule is CCCCC(=O)NC(=S)Nc1ccc2nn(-c3ccc(C)c(Cl)c3)nc2c1. The largest absolute Gasteiger partial charge is 0.332 e. The Labute approximate surface area is 167 Å². The third-order valence-electron chi connectivity index (χ3n) is 4.03. The van der Waals surface area contributed by atoms with Gasteiger partial charge in [0.05, 0.1) is 5.69 Å². The van der Waals surface area contributed by atoms with Crippen molar-refractivity contribution in [3.05, 3.63) is 47.0 Å². The van der Waals surface area contributed by atoms with Gasteiger partial charge in [0.25, 0.3) is 0 Å². The van der Waals surface area contributed by atoms with Gasteiger partial charge in [-0.15, -0.1) is 10.2 Å². The molecule has 0 aliphatic heterocycles. The summed E-state index contributed by atoms with van der Waals surface area (Å²) >= 11 is 11.4. The molecule has 3 aromatic rings. The van der Waals surface area contributed by atoms with E-state index >= 15 is 0 Å². The van der Waals surface area contributed by atoms with E-state index in [-0.39, 0.29) is 11.0 Å². The Balaban J connectivity index is 1.74. The highest BCUT2D eigenvalue weighted by Crippen LogP contribution is 2.21. The minimum absolute atomic E-state index is 0.0855. The number of carbonyl (C=O) groups is 1. The van der Waals surface area contributed by atoms with E-state index in [0.717, 1.165) is 35.3 Å². The van der Waals surface area contributed by atoms with Gasteiger partial charge in [-0.2, -0.15) is 4.80 Å². The molecule has 8 heteroatoms. The molecule has 1 amide bonds. The molecule has 0 fully saturated rings. The summed E-state index contributed by atoms with van der Waals surface area (Å²) in [7, 11) is 0. The number of anilines is 1. The zero-order valence-electron chi connectivity index (χ0n) is 15.1. The van der Waals surface area contributed by atoms with Crippen molar-refractivity contribution in [2.75, 3.05) is 5.32 Å². The number of hydrogen-bond acceptors (Lipinski definition) is 4. The van der Waals surface area contributed by atoms with E-state index in [9.17, 15) is 4.79 Å². The summed E-state index contributed by atoms with van der Waals surface area (Å²) in [6.45, 7) is 3.98. The second kappa shape index (κ2) is 8.45. The number of nitrogens with one attached hydrogen (secondary N) is 2. The highest BCUT2D eigenvalue weighted by Gasteiger charge is 2.09. The van der Waals surface area contributed by atoms with E-state index < -0.39 is 0 Å². The third kappa shape index (κ3) is 4.81. The van der Waals surface area contributed by atoms with Crippen LogP contribution in [-0.4, -0.2) is 26.0 Å². The number of amides is 1. The lowest BCUT2D eigenvalue weighted by Gasteiger charge is -2.09. The van der Waals surface area contributed by atoms with E-state index in [2.05, 4.69) is 20.8 Å². The topological polar surface area (TPSA) is 71.8 Å². The summed E-state index contributed by atoms with van der Waals surface area (Å²) < 4.78 is 0. The molecule has 6 nitrogen and oxygen atoms in total. The van der Waals surface area contributed by atoms with Gasteiger partial charge in [0.15, 0.2) is 5.11 Å². The Kier molecular flexibility index (Phi) is 6.03. The molecule has 3 rings (SSSR count). The fourth-order valence-corrected chi connectivity index (χ4v) is 2.91. The number of aryl methyl sites for hydroxylation is 1. The number of thiocarbonyl (C=S) groups is 1. The van der Waals surface area contributed by atoms with Gasteiger partial charge >= 0.3 is 0 Å². The van der Waals surface area contributed by atoms with Crippen LogP contribution in [0, 0.1) is 6.92 Å². The van der Waals surface area contributed by atoms with Crippen molar-refractivity contribution >= 4 is 51.6 Å². The second-order valence-electron chi connectivity index (χ2n) is 6.23. The van der Waals surface area contributed by atoms with E-state index in [1.165, 1.54) is 0 Å². The van der Waals surface area contributed by atoms with Crippen LogP contribution in [0.25, 0.3) is 16.7 Å². The maximum atomic E-state index is 11.8. The molecule has 0 aliphatic carbocycles. The van der Waals surface area contributed by atoms with E-state index in [1.54, 1.807) is 4.80 Å². The van der Waals surface area contributed by atoms with Crippen molar-refractivity contribution in [1.82, 2.24) is 20.3 Å². The van der Waals surface area contributed by atoms with Gasteiger partial charge in [0, 0.05) is 17.1 Å². The maximum absolute atomic E-state index is 11.8. The van der Waals surface area contributed by atoms with Gasteiger partial charge in [-0.1, -0.05) is 31.0 Å². The minimum atomic E-state index is -0.0855. The van der Waals surface area contributed by atoms with E-state index in [1.807, 2.05) is 50.2 Å². The van der Waals surface area contributed by atoms with Crippen LogP contribution in [-0.2, 0) is 4.79 Å². The summed E-state index contributed by atoms with van der Waals surface area (Å²) in [4.78, 5) is 13.3. The van der Waals surface area contributed by atoms with Crippen LogP contribution in [0.5, 0.6) is 0 Å². The zero-order chi connectivity index (χ0) is 19.4. The average molecular weight is 402 g/mol. The number of rotatable bonds is 5. The van der Waals surface area contributed by atoms with Gasteiger partial charge in [-0.3, -0.25) is 4.79 Å². The molecule has 27 heavy (non-hydrogen) atoms. The third-order valence-corrected chi connectivity index (χ3v) is 4.65. The lowest BCUT2D eigenvalue weighted by molar-refractivity contribution is -0.119. The Bertz CT molecular complexity index is 1000. The average Bonchev–Trinajstić information content (AvgIpc) is 3.05. The fourth-order valence-electron chi connectivity index (χ4n) is 2.50. The standard InChI is InChI=1S/C19H20ClN5OS/c1-3-4-5-18(26)22-19(27)21-13-7-9-16-17(10-13)24-25(23-16)14-8-6-12(2)15(20)11-14/h6-11H,3-5H2,1-2H3,(H2,21,22,26,27). The van der Waals surface area contributed by atoms with Crippen LogP contribution >= 0.6 is 23.8 Å². The van der Waals surface area contributed by atoms with Gasteiger partial charge in [0.2, 0.25) is 5.91 Å². The molecule has 0 radical (unpaired) electrons. The Hall–Kier alpha value is -2.51. The van der Waals surface area contributed by atoms with Crippen LogP contribution in [0.15, 0.2) is 36.4 Å². The normalized spacial score (nSPS) is 10.8. The Morgan fingerprint density at radius 2 is 1.96 bits per heavy atom. The van der Waals surface area contributed by atoms with Crippen molar-refractivity contribution in [3.8, 4) is 5.69 Å². The van der Waals surface area contributed by atoms with Crippen LogP contribution in [0.1, 0.15) is 31.7 Å². The summed E-state index contributed by atoms with van der Waals surface area (Å²) in [6, 6.07) is 11.2. The van der Waals surface area contributed by atoms with E-state index in [0.29, 0.717) is 17.0 Å². The van der Waals surface area contributed by atoms with E-state index in [4.69, 9.17) is 23.8 Å². The molecule has 0 unspecified atom stereocenters. The summed E-state index contributed by atoms with van der Waals surface area (Å²) in [5.74, 6) is -0.0855. The molecule has 0 aliphatic rings. The van der Waals surface area contributed by atoms with Gasteiger partial charge in [0.1, 0.15) is 11.0 Å². The highest BCUT2D eigenvalue weighted by molar-refractivity contribution is 7.80. The first-order valence-corrected chi connectivity index (χ1v) is 9.49. The first kappa shape index (κ1) is 19.3. The summed E-state index contributed by atoms with van der Waals surface area (Å²) in [5.41, 5.74) is 3.97. The van der Waals surface area contributed by atoms with Gasteiger partial charge < -0.3 is 10.6 Å². The second-order valence-corrected chi connectivity index (χ2v) is 7.05. The maximum Gasteiger partial charge on any atom is 0.226 e. The molecule has 0 saturated carbocycles. The highest BCUT2D eigenvalue weighted by atomic mass is 35.5. The van der Waals surface area contributed by atoms with Crippen molar-refractivity contribution in [1.29, 1.82) is 0 Å². The molecule has 1 heterocycles. The fraction of sp³-hybridized carbons (Fsp3) is 0.263. The van der Waals surface area contributed by atoms with Crippen LogP contribution in [0.2, 0.25) is 5.02 Å².